The molecule has 1 atom stereocenters. The average molecular weight is 410 g/mol. The zero-order chi connectivity index (χ0) is 17.3. The lowest BCUT2D eigenvalue weighted by molar-refractivity contribution is 0.254. The number of ether oxygens (including phenoxy) is 1. The molecule has 0 amide bonds. The van der Waals surface area contributed by atoms with Gasteiger partial charge in [0.15, 0.2) is 0 Å². The van der Waals surface area contributed by atoms with Crippen LogP contribution in [0.3, 0.4) is 0 Å². The van der Waals surface area contributed by atoms with Crippen LogP contribution in [0.5, 0.6) is 5.75 Å². The molecular formula is C18H20BrNO3S. The van der Waals surface area contributed by atoms with Crippen LogP contribution in [0.25, 0.3) is 0 Å². The number of rotatable bonds is 4. The number of sulfonamides is 1. The van der Waals surface area contributed by atoms with Crippen molar-refractivity contribution in [2.45, 2.75) is 37.1 Å². The first kappa shape index (κ1) is 17.5. The standard InChI is InChI=1S/C18H20BrNO3S/c1-12(2)13-3-6-17(7-4-13)24(21,22)20-16-10-14-9-15(19)5-8-18(14)23-11-16/h3-9,12,16,20H,10-11H2,1-2H3/t16-/m1/s1. The fourth-order valence-electron chi connectivity index (χ4n) is 2.76. The molecule has 0 aliphatic carbocycles. The fraction of sp³-hybridized carbons (Fsp3) is 0.333. The summed E-state index contributed by atoms with van der Waals surface area (Å²) < 4.78 is 34.6. The van der Waals surface area contributed by atoms with Crippen LogP contribution in [0, 0.1) is 0 Å². The summed E-state index contributed by atoms with van der Waals surface area (Å²) in [5, 5.41) is 0. The van der Waals surface area contributed by atoms with Crippen LogP contribution in [0.15, 0.2) is 51.8 Å². The van der Waals surface area contributed by atoms with Crippen molar-refractivity contribution in [3.8, 4) is 5.75 Å². The van der Waals surface area contributed by atoms with E-state index < -0.39 is 10.0 Å². The van der Waals surface area contributed by atoms with Crippen molar-refractivity contribution < 1.29 is 13.2 Å². The van der Waals surface area contributed by atoms with Crippen molar-refractivity contribution in [2.24, 2.45) is 0 Å². The van der Waals surface area contributed by atoms with E-state index in [1.54, 1.807) is 12.1 Å². The SMILES string of the molecule is CC(C)c1ccc(S(=O)(=O)N[C@H]2COc3ccc(Br)cc3C2)cc1. The molecule has 1 aliphatic heterocycles. The molecule has 1 N–H and O–H groups in total. The maximum atomic E-state index is 12.6. The molecule has 0 aromatic heterocycles. The second-order valence-corrected chi connectivity index (χ2v) is 8.94. The Morgan fingerprint density at radius 2 is 1.88 bits per heavy atom. The van der Waals surface area contributed by atoms with Crippen LogP contribution >= 0.6 is 15.9 Å². The Balaban J connectivity index is 1.75. The van der Waals surface area contributed by atoms with Gasteiger partial charge in [0.2, 0.25) is 10.0 Å². The number of fused-ring (bicyclic) bond motifs is 1. The van der Waals surface area contributed by atoms with Gasteiger partial charge in [-0.25, -0.2) is 13.1 Å². The summed E-state index contributed by atoms with van der Waals surface area (Å²) in [6.07, 6.45) is 0.609. The van der Waals surface area contributed by atoms with Gasteiger partial charge in [-0.05, 0) is 53.8 Å². The van der Waals surface area contributed by atoms with Crippen molar-refractivity contribution in [3.05, 3.63) is 58.1 Å². The van der Waals surface area contributed by atoms with Crippen molar-refractivity contribution in [2.75, 3.05) is 6.61 Å². The average Bonchev–Trinajstić information content (AvgIpc) is 2.54. The first-order valence-corrected chi connectivity index (χ1v) is 10.2. The van der Waals surface area contributed by atoms with Gasteiger partial charge < -0.3 is 4.74 Å². The van der Waals surface area contributed by atoms with Gasteiger partial charge in [0, 0.05) is 4.47 Å². The fourth-order valence-corrected chi connectivity index (χ4v) is 4.39. The van der Waals surface area contributed by atoms with Gasteiger partial charge in [0.25, 0.3) is 0 Å². The molecule has 0 bridgehead atoms. The smallest absolute Gasteiger partial charge is 0.240 e. The summed E-state index contributed by atoms with van der Waals surface area (Å²) in [4.78, 5) is 0.284. The van der Waals surface area contributed by atoms with E-state index in [1.165, 1.54) is 0 Å². The van der Waals surface area contributed by atoms with Gasteiger partial charge in [-0.2, -0.15) is 0 Å². The highest BCUT2D eigenvalue weighted by molar-refractivity contribution is 9.10. The van der Waals surface area contributed by atoms with Crippen LogP contribution in [-0.2, 0) is 16.4 Å². The molecule has 2 aromatic carbocycles. The molecule has 128 valence electrons. The van der Waals surface area contributed by atoms with Crippen LogP contribution < -0.4 is 9.46 Å². The largest absolute Gasteiger partial charge is 0.492 e. The van der Waals surface area contributed by atoms with Gasteiger partial charge in [-0.1, -0.05) is 41.9 Å². The molecule has 0 fully saturated rings. The predicted octanol–water partition coefficient (Wildman–Crippen LogP) is 3.85. The van der Waals surface area contributed by atoms with Gasteiger partial charge in [0.1, 0.15) is 12.4 Å². The molecule has 1 aliphatic rings. The molecule has 24 heavy (non-hydrogen) atoms. The zero-order valence-corrected chi connectivity index (χ0v) is 16.0. The Morgan fingerprint density at radius 3 is 2.54 bits per heavy atom. The highest BCUT2D eigenvalue weighted by Crippen LogP contribution is 2.28. The van der Waals surface area contributed by atoms with Crippen molar-refractivity contribution in [1.29, 1.82) is 0 Å². The van der Waals surface area contributed by atoms with E-state index in [2.05, 4.69) is 34.5 Å². The Bertz CT molecular complexity index is 832. The normalized spacial score (nSPS) is 17.4. The summed E-state index contributed by atoms with van der Waals surface area (Å²) >= 11 is 3.43. The molecule has 0 unspecified atom stereocenters. The molecule has 0 saturated heterocycles. The summed E-state index contributed by atoms with van der Waals surface area (Å²) in [5.74, 6) is 1.19. The summed E-state index contributed by atoms with van der Waals surface area (Å²) in [6, 6.07) is 12.5. The minimum absolute atomic E-state index is 0.276. The van der Waals surface area contributed by atoms with Gasteiger partial charge in [0.05, 0.1) is 10.9 Å². The molecule has 2 aromatic rings. The minimum Gasteiger partial charge on any atom is -0.492 e. The lowest BCUT2D eigenvalue weighted by atomic mass is 10.0. The summed E-state index contributed by atoms with van der Waals surface area (Å²) in [7, 11) is -3.56. The molecular weight excluding hydrogens is 390 g/mol. The van der Waals surface area contributed by atoms with E-state index in [4.69, 9.17) is 4.74 Å². The molecule has 4 nitrogen and oxygen atoms in total. The van der Waals surface area contributed by atoms with Gasteiger partial charge >= 0.3 is 0 Å². The lowest BCUT2D eigenvalue weighted by Gasteiger charge is -2.26. The maximum absolute atomic E-state index is 12.6. The highest BCUT2D eigenvalue weighted by atomic mass is 79.9. The van der Waals surface area contributed by atoms with E-state index in [0.717, 1.165) is 21.3 Å². The third-order valence-electron chi connectivity index (χ3n) is 4.11. The van der Waals surface area contributed by atoms with Crippen LogP contribution in [0.1, 0.15) is 30.9 Å². The van der Waals surface area contributed by atoms with E-state index >= 15 is 0 Å². The van der Waals surface area contributed by atoms with Crippen molar-refractivity contribution >= 4 is 26.0 Å². The van der Waals surface area contributed by atoms with Gasteiger partial charge in [-0.3, -0.25) is 0 Å². The summed E-state index contributed by atoms with van der Waals surface area (Å²) in [6.45, 7) is 4.49. The van der Waals surface area contributed by atoms with Crippen molar-refractivity contribution in [1.82, 2.24) is 4.72 Å². The predicted molar refractivity (Wildman–Crippen MR) is 98.0 cm³/mol. The quantitative estimate of drug-likeness (QED) is 0.833. The van der Waals surface area contributed by atoms with E-state index in [0.29, 0.717) is 18.9 Å². The zero-order valence-electron chi connectivity index (χ0n) is 13.6. The number of hydrogen-bond acceptors (Lipinski definition) is 3. The lowest BCUT2D eigenvalue weighted by Crippen LogP contribution is -2.42. The highest BCUT2D eigenvalue weighted by Gasteiger charge is 2.25. The third kappa shape index (κ3) is 3.82. The first-order valence-electron chi connectivity index (χ1n) is 7.88. The summed E-state index contributed by atoms with van der Waals surface area (Å²) in [5.41, 5.74) is 2.12. The topological polar surface area (TPSA) is 55.4 Å². The number of nitrogens with one attached hydrogen (secondary N) is 1. The minimum atomic E-state index is -3.56. The number of halogens is 1. The molecule has 0 saturated carbocycles. The Hall–Kier alpha value is -1.37. The second kappa shape index (κ2) is 6.86. The monoisotopic (exact) mass is 409 g/mol. The molecule has 1 heterocycles. The molecule has 3 rings (SSSR count). The Labute approximate surface area is 151 Å². The second-order valence-electron chi connectivity index (χ2n) is 6.31. The third-order valence-corrected chi connectivity index (χ3v) is 6.14. The maximum Gasteiger partial charge on any atom is 0.240 e. The van der Waals surface area contributed by atoms with Crippen LogP contribution in [-0.4, -0.2) is 21.1 Å². The first-order chi connectivity index (χ1) is 11.3. The molecule has 0 radical (unpaired) electrons. The van der Waals surface area contributed by atoms with E-state index in [1.807, 2.05) is 30.3 Å². The Morgan fingerprint density at radius 1 is 1.17 bits per heavy atom. The van der Waals surface area contributed by atoms with Crippen molar-refractivity contribution in [3.63, 3.8) is 0 Å². The van der Waals surface area contributed by atoms with E-state index in [9.17, 15) is 8.42 Å². The molecule has 6 heteroatoms. The Kier molecular flexibility index (Phi) is 4.99. The number of benzene rings is 2. The van der Waals surface area contributed by atoms with Crippen LogP contribution in [0.4, 0.5) is 0 Å². The van der Waals surface area contributed by atoms with Crippen LogP contribution in [0.2, 0.25) is 0 Å². The van der Waals surface area contributed by atoms with E-state index in [-0.39, 0.29) is 10.9 Å². The molecule has 0 spiro atoms. The van der Waals surface area contributed by atoms with Gasteiger partial charge in [-0.15, -0.1) is 0 Å². The number of hydrogen-bond donors (Lipinski definition) is 1.